The van der Waals surface area contributed by atoms with Crippen molar-refractivity contribution >= 4 is 17.2 Å². The van der Waals surface area contributed by atoms with E-state index in [-0.39, 0.29) is 65.8 Å². The molecule has 0 amide bonds. The molecule has 2 rings (SSSR count). The number of hydrogen-bond donors (Lipinski definition) is 0. The first-order valence-corrected chi connectivity index (χ1v) is 6.50. The van der Waals surface area contributed by atoms with Crippen molar-refractivity contribution in [3.05, 3.63) is 39.8 Å². The number of ketones is 1. The Kier molecular flexibility index (Phi) is 11.7. The van der Waals surface area contributed by atoms with E-state index in [1.54, 1.807) is 0 Å². The van der Waals surface area contributed by atoms with Crippen LogP contribution in [0.25, 0.3) is 0 Å². The average molecular weight is 425 g/mol. The van der Waals surface area contributed by atoms with Crippen molar-refractivity contribution in [1.82, 2.24) is 0 Å². The van der Waals surface area contributed by atoms with Crippen molar-refractivity contribution < 1.29 is 55.8 Å². The van der Waals surface area contributed by atoms with E-state index in [0.717, 1.165) is 18.2 Å². The summed E-state index contributed by atoms with van der Waals surface area (Å²) in [6, 6.07) is 3.05. The molecule has 0 saturated heterocycles. The second-order valence-electron chi connectivity index (χ2n) is 5.82. The van der Waals surface area contributed by atoms with Crippen LogP contribution in [0.5, 0.6) is 5.75 Å². The van der Waals surface area contributed by atoms with Gasteiger partial charge in [-0.1, -0.05) is 25.4 Å². The third-order valence-corrected chi connectivity index (χ3v) is 3.22. The standard InChI is InChI=1S/C14H15N3O5.3H2O.Zn/c1-14(2)6-11(19)13(12(20)7-14)16-15-9-4-3-8(17(21)22)5-10(9)18;;;;/h3-5,18-19H,6-7H2,1-2H3;3*1H2;/q;;;;+2. The number of hydrogen-bond acceptors (Lipinski definition) is 7. The molecule has 0 fully saturated rings. The van der Waals surface area contributed by atoms with Gasteiger partial charge in [-0.25, -0.2) is 0 Å². The average Bonchev–Trinajstić information content (AvgIpc) is 2.37. The topological polar surface area (TPSA) is 229 Å². The fraction of sp³-hybridized carbons (Fsp3) is 0.357. The Morgan fingerprint density at radius 3 is 2.15 bits per heavy atom. The van der Waals surface area contributed by atoms with Crippen LogP contribution in [0.15, 0.2) is 39.9 Å². The van der Waals surface area contributed by atoms with E-state index in [2.05, 4.69) is 10.2 Å². The van der Waals surface area contributed by atoms with Crippen LogP contribution in [0.1, 0.15) is 26.7 Å². The molecule has 1 aromatic rings. The Labute approximate surface area is 161 Å². The summed E-state index contributed by atoms with van der Waals surface area (Å²) in [7, 11) is 0. The molecule has 0 unspecified atom stereocenters. The summed E-state index contributed by atoms with van der Waals surface area (Å²) in [5.74, 6) is -1.53. The summed E-state index contributed by atoms with van der Waals surface area (Å²) in [6.07, 6.45) is 0.356. The maximum Gasteiger partial charge on any atom is 2.00 e. The molecule has 0 spiro atoms. The number of azo groups is 1. The molecule has 1 aliphatic carbocycles. The molecule has 0 heterocycles. The van der Waals surface area contributed by atoms with E-state index >= 15 is 0 Å². The SMILES string of the molecule is CC1(C)CC(=O)C(N=Nc2ccc([N+](=O)[O-])cc2[O-])=C([O-])C1.O.[OH3+].[OH3+].[Zn+2]. The Balaban J connectivity index is -0.00000132. The molecule has 0 aliphatic heterocycles. The fourth-order valence-electron chi connectivity index (χ4n) is 2.17. The summed E-state index contributed by atoms with van der Waals surface area (Å²) in [6.45, 7) is 3.62. The zero-order chi connectivity index (χ0) is 16.5. The molecule has 0 aromatic heterocycles. The molecular formula is C14H21N3O8Zn+2. The van der Waals surface area contributed by atoms with Crippen molar-refractivity contribution in [3.63, 3.8) is 0 Å². The summed E-state index contributed by atoms with van der Waals surface area (Å²) in [5.41, 5.74) is -1.21. The van der Waals surface area contributed by atoms with Gasteiger partial charge in [-0.15, -0.1) is 5.11 Å². The van der Waals surface area contributed by atoms with Crippen LogP contribution >= 0.6 is 0 Å². The van der Waals surface area contributed by atoms with Crippen molar-refractivity contribution in [2.75, 3.05) is 0 Å². The summed E-state index contributed by atoms with van der Waals surface area (Å²) >= 11 is 0. The predicted octanol–water partition coefficient (Wildman–Crippen LogP) is -0.958. The zero-order valence-electron chi connectivity index (χ0n) is 14.4. The monoisotopic (exact) mass is 423 g/mol. The van der Waals surface area contributed by atoms with Crippen LogP contribution in [0, 0.1) is 15.5 Å². The number of nitro groups is 1. The van der Waals surface area contributed by atoms with Gasteiger partial charge < -0.3 is 26.6 Å². The first kappa shape index (κ1) is 28.5. The molecule has 26 heavy (non-hydrogen) atoms. The molecule has 12 heteroatoms. The minimum atomic E-state index is -0.701. The smallest absolute Gasteiger partial charge is 0.874 e. The minimum absolute atomic E-state index is 0. The Hall–Kier alpha value is -2.27. The quantitative estimate of drug-likeness (QED) is 0.195. The van der Waals surface area contributed by atoms with Gasteiger partial charge >= 0.3 is 19.5 Å². The van der Waals surface area contributed by atoms with Gasteiger partial charge in [0.2, 0.25) is 0 Å². The van der Waals surface area contributed by atoms with E-state index in [9.17, 15) is 25.1 Å². The number of allylic oxidation sites excluding steroid dienone is 2. The van der Waals surface area contributed by atoms with Gasteiger partial charge in [0.1, 0.15) is 5.70 Å². The Morgan fingerprint density at radius 2 is 1.69 bits per heavy atom. The van der Waals surface area contributed by atoms with Crippen LogP contribution in [0.4, 0.5) is 11.4 Å². The Morgan fingerprint density at radius 1 is 1.12 bits per heavy atom. The van der Waals surface area contributed by atoms with E-state index in [1.165, 1.54) is 0 Å². The van der Waals surface area contributed by atoms with Crippen molar-refractivity contribution in [3.8, 4) is 5.75 Å². The third kappa shape index (κ3) is 6.56. The fourth-order valence-corrected chi connectivity index (χ4v) is 2.17. The normalized spacial score (nSPS) is 15.2. The van der Waals surface area contributed by atoms with Crippen LogP contribution < -0.4 is 10.2 Å². The number of rotatable bonds is 3. The van der Waals surface area contributed by atoms with Gasteiger partial charge in [0.15, 0.2) is 5.78 Å². The van der Waals surface area contributed by atoms with Gasteiger partial charge in [0.25, 0.3) is 5.69 Å². The van der Waals surface area contributed by atoms with Gasteiger partial charge in [0, 0.05) is 18.6 Å². The molecule has 1 aliphatic rings. The van der Waals surface area contributed by atoms with E-state index in [4.69, 9.17) is 0 Å². The molecular weight excluding hydrogens is 404 g/mol. The molecule has 1 aromatic carbocycles. The van der Waals surface area contributed by atoms with E-state index in [0.29, 0.717) is 0 Å². The first-order chi connectivity index (χ1) is 10.2. The summed E-state index contributed by atoms with van der Waals surface area (Å²) in [5, 5.41) is 41.3. The molecule has 8 N–H and O–H groups in total. The molecule has 0 radical (unpaired) electrons. The third-order valence-electron chi connectivity index (χ3n) is 3.22. The van der Waals surface area contributed by atoms with E-state index < -0.39 is 27.6 Å². The maximum absolute atomic E-state index is 11.9. The molecule has 0 bridgehead atoms. The summed E-state index contributed by atoms with van der Waals surface area (Å²) in [4.78, 5) is 21.7. The van der Waals surface area contributed by atoms with Crippen LogP contribution in [0.2, 0.25) is 0 Å². The number of nitro benzene ring substituents is 1. The van der Waals surface area contributed by atoms with Gasteiger partial charge in [-0.3, -0.25) is 14.9 Å². The van der Waals surface area contributed by atoms with Gasteiger partial charge in [0.05, 0.1) is 10.6 Å². The van der Waals surface area contributed by atoms with Crippen molar-refractivity contribution in [2.45, 2.75) is 26.7 Å². The largest absolute Gasteiger partial charge is 2.00 e. The maximum atomic E-state index is 11.9. The molecule has 0 saturated carbocycles. The van der Waals surface area contributed by atoms with Crippen LogP contribution in [-0.2, 0) is 35.2 Å². The molecule has 140 valence electrons. The zero-order valence-corrected chi connectivity index (χ0v) is 17.4. The number of carbonyl (C=O) groups excluding carboxylic acids is 1. The number of carbonyl (C=O) groups is 1. The second-order valence-corrected chi connectivity index (χ2v) is 5.82. The minimum Gasteiger partial charge on any atom is -0.874 e. The molecule has 0 atom stereocenters. The van der Waals surface area contributed by atoms with Gasteiger partial charge in [-0.05, 0) is 17.9 Å². The number of nitrogens with zero attached hydrogens (tertiary/aromatic N) is 3. The van der Waals surface area contributed by atoms with Crippen LogP contribution in [-0.4, -0.2) is 16.2 Å². The predicted molar refractivity (Wildman–Crippen MR) is 85.5 cm³/mol. The Bertz CT molecular complexity index is 718. The van der Waals surface area contributed by atoms with E-state index in [1.807, 2.05) is 13.8 Å². The van der Waals surface area contributed by atoms with Crippen LogP contribution in [0.3, 0.4) is 0 Å². The first-order valence-electron chi connectivity index (χ1n) is 6.50. The number of benzene rings is 1. The second kappa shape index (κ2) is 10.7. The van der Waals surface area contributed by atoms with Gasteiger partial charge in [-0.2, -0.15) is 5.11 Å². The van der Waals surface area contributed by atoms with Crippen molar-refractivity contribution in [2.24, 2.45) is 15.6 Å². The van der Waals surface area contributed by atoms with Crippen molar-refractivity contribution in [1.29, 1.82) is 0 Å². The molecule has 11 nitrogen and oxygen atoms in total. The number of non-ortho nitro benzene ring substituents is 1. The summed E-state index contributed by atoms with van der Waals surface area (Å²) < 4.78 is 0. The number of Topliss-reactive ketones (excluding diaryl/α,β-unsaturated/α-hetero) is 1.